The van der Waals surface area contributed by atoms with Gasteiger partial charge in [-0.05, 0) is 45.7 Å². The van der Waals surface area contributed by atoms with Crippen molar-refractivity contribution in [2.24, 2.45) is 5.92 Å². The van der Waals surface area contributed by atoms with E-state index in [-0.39, 0.29) is 11.8 Å². The van der Waals surface area contributed by atoms with Gasteiger partial charge < -0.3 is 19.7 Å². The second kappa shape index (κ2) is 10.4. The topological polar surface area (TPSA) is 79.2 Å². The van der Waals surface area contributed by atoms with E-state index < -0.39 is 0 Å². The number of anilines is 1. The average Bonchev–Trinajstić information content (AvgIpc) is 2.98. The lowest BCUT2D eigenvalue weighted by Crippen LogP contribution is -2.45. The first-order valence-corrected chi connectivity index (χ1v) is 12.1. The highest BCUT2D eigenvalue weighted by Gasteiger charge is 2.29. The number of hydrogen-bond acceptors (Lipinski definition) is 6. The SMILES string of the molecule is CCCCN(C)CCNC(=O)[C@@H]1CCCN(c2ncnc3c2nc2n3CCCCC2)C1. The second-order valence-electron chi connectivity index (χ2n) is 9.09. The Kier molecular flexibility index (Phi) is 7.37. The maximum Gasteiger partial charge on any atom is 0.224 e. The van der Waals surface area contributed by atoms with Crippen molar-refractivity contribution in [2.75, 3.05) is 44.7 Å². The molecule has 0 spiro atoms. The summed E-state index contributed by atoms with van der Waals surface area (Å²) in [5.74, 6) is 2.19. The van der Waals surface area contributed by atoms with Crippen LogP contribution in [-0.4, -0.2) is 70.1 Å². The maximum atomic E-state index is 12.8. The van der Waals surface area contributed by atoms with Crippen molar-refractivity contribution < 1.29 is 4.79 Å². The smallest absolute Gasteiger partial charge is 0.224 e. The Morgan fingerprint density at radius 2 is 2.10 bits per heavy atom. The lowest BCUT2D eigenvalue weighted by molar-refractivity contribution is -0.125. The fourth-order valence-corrected chi connectivity index (χ4v) is 4.79. The number of piperidine rings is 1. The summed E-state index contributed by atoms with van der Waals surface area (Å²) < 4.78 is 2.27. The molecule has 2 aromatic rings. The van der Waals surface area contributed by atoms with Crippen molar-refractivity contribution in [1.29, 1.82) is 0 Å². The predicted octanol–water partition coefficient (Wildman–Crippen LogP) is 2.62. The fraction of sp³-hybridized carbons (Fsp3) is 0.739. The van der Waals surface area contributed by atoms with Crippen molar-refractivity contribution in [1.82, 2.24) is 29.7 Å². The Bertz CT molecular complexity index is 880. The zero-order valence-corrected chi connectivity index (χ0v) is 19.1. The second-order valence-corrected chi connectivity index (χ2v) is 9.09. The van der Waals surface area contributed by atoms with E-state index in [2.05, 4.69) is 43.6 Å². The molecule has 1 fully saturated rings. The number of rotatable bonds is 8. The Labute approximate surface area is 185 Å². The molecule has 8 nitrogen and oxygen atoms in total. The van der Waals surface area contributed by atoms with E-state index in [1.165, 1.54) is 32.1 Å². The van der Waals surface area contributed by atoms with Crippen LogP contribution in [0.2, 0.25) is 0 Å². The Balaban J connectivity index is 1.40. The van der Waals surface area contributed by atoms with Gasteiger partial charge in [-0.3, -0.25) is 4.79 Å². The number of fused-ring (bicyclic) bond motifs is 3. The number of amides is 1. The first-order valence-electron chi connectivity index (χ1n) is 12.1. The number of carbonyl (C=O) groups excluding carboxylic acids is 1. The van der Waals surface area contributed by atoms with Crippen LogP contribution in [0.1, 0.15) is 57.7 Å². The molecule has 4 heterocycles. The monoisotopic (exact) mass is 427 g/mol. The van der Waals surface area contributed by atoms with Gasteiger partial charge in [0.2, 0.25) is 5.91 Å². The quantitative estimate of drug-likeness (QED) is 0.698. The third-order valence-corrected chi connectivity index (χ3v) is 6.65. The van der Waals surface area contributed by atoms with Crippen LogP contribution in [-0.2, 0) is 17.8 Å². The lowest BCUT2D eigenvalue weighted by Gasteiger charge is -2.33. The molecule has 170 valence electrons. The molecule has 4 rings (SSSR count). The molecule has 1 saturated heterocycles. The normalized spacial score (nSPS) is 19.5. The highest BCUT2D eigenvalue weighted by molar-refractivity contribution is 5.85. The van der Waals surface area contributed by atoms with E-state index in [1.54, 1.807) is 6.33 Å². The van der Waals surface area contributed by atoms with Crippen LogP contribution < -0.4 is 10.2 Å². The highest BCUT2D eigenvalue weighted by atomic mass is 16.1. The van der Waals surface area contributed by atoms with Crippen molar-refractivity contribution in [3.05, 3.63) is 12.2 Å². The first kappa shape index (κ1) is 22.0. The third-order valence-electron chi connectivity index (χ3n) is 6.65. The summed E-state index contributed by atoms with van der Waals surface area (Å²) >= 11 is 0. The van der Waals surface area contributed by atoms with Crippen LogP contribution in [0, 0.1) is 5.92 Å². The van der Waals surface area contributed by atoms with Gasteiger partial charge in [0.1, 0.15) is 12.2 Å². The summed E-state index contributed by atoms with van der Waals surface area (Å²) in [7, 11) is 2.12. The summed E-state index contributed by atoms with van der Waals surface area (Å²) in [5, 5.41) is 3.16. The van der Waals surface area contributed by atoms with Crippen LogP contribution in [0.15, 0.2) is 6.33 Å². The van der Waals surface area contributed by atoms with E-state index in [1.807, 2.05) is 0 Å². The van der Waals surface area contributed by atoms with Gasteiger partial charge in [-0.25, -0.2) is 15.0 Å². The number of carbonyl (C=O) groups is 1. The van der Waals surface area contributed by atoms with Gasteiger partial charge in [-0.2, -0.15) is 0 Å². The minimum absolute atomic E-state index is 0.000142. The summed E-state index contributed by atoms with van der Waals surface area (Å²) in [6.45, 7) is 7.50. The molecule has 2 aromatic heterocycles. The van der Waals surface area contributed by atoms with Crippen molar-refractivity contribution >= 4 is 22.9 Å². The van der Waals surface area contributed by atoms with Gasteiger partial charge in [-0.1, -0.05) is 19.8 Å². The van der Waals surface area contributed by atoms with Crippen LogP contribution in [0.25, 0.3) is 11.2 Å². The molecule has 0 aromatic carbocycles. The Hall–Kier alpha value is -2.22. The van der Waals surface area contributed by atoms with Crippen LogP contribution >= 0.6 is 0 Å². The Morgan fingerprint density at radius 3 is 2.97 bits per heavy atom. The molecule has 0 bridgehead atoms. The number of imidazole rings is 1. The molecule has 2 aliphatic rings. The molecule has 0 saturated carbocycles. The molecule has 1 atom stereocenters. The van der Waals surface area contributed by atoms with E-state index >= 15 is 0 Å². The molecule has 1 N–H and O–H groups in total. The van der Waals surface area contributed by atoms with E-state index in [9.17, 15) is 4.79 Å². The largest absolute Gasteiger partial charge is 0.355 e. The summed E-state index contributed by atoms with van der Waals surface area (Å²) in [6, 6.07) is 0. The van der Waals surface area contributed by atoms with Crippen molar-refractivity contribution in [2.45, 2.75) is 64.8 Å². The number of unbranched alkanes of at least 4 members (excludes halogenated alkanes) is 1. The van der Waals surface area contributed by atoms with Gasteiger partial charge in [0.05, 0.1) is 5.92 Å². The number of nitrogens with one attached hydrogen (secondary N) is 1. The number of aromatic nitrogens is 4. The molecule has 1 amide bonds. The molecule has 8 heteroatoms. The molecule has 0 radical (unpaired) electrons. The van der Waals surface area contributed by atoms with Crippen LogP contribution in [0.3, 0.4) is 0 Å². The third kappa shape index (κ3) is 5.17. The molecular formula is C23H37N7O. The molecule has 0 unspecified atom stereocenters. The Morgan fingerprint density at radius 1 is 1.19 bits per heavy atom. The van der Waals surface area contributed by atoms with Gasteiger partial charge in [-0.15, -0.1) is 0 Å². The van der Waals surface area contributed by atoms with Crippen LogP contribution in [0.5, 0.6) is 0 Å². The molecular weight excluding hydrogens is 390 g/mol. The van der Waals surface area contributed by atoms with Crippen molar-refractivity contribution in [3.63, 3.8) is 0 Å². The van der Waals surface area contributed by atoms with Gasteiger partial charge in [0.15, 0.2) is 17.0 Å². The van der Waals surface area contributed by atoms with Gasteiger partial charge in [0, 0.05) is 39.1 Å². The highest BCUT2D eigenvalue weighted by Crippen LogP contribution is 2.29. The number of likely N-dealkylation sites (N-methyl/N-ethyl adjacent to an activating group) is 1. The predicted molar refractivity (Wildman–Crippen MR) is 123 cm³/mol. The number of aryl methyl sites for hydroxylation is 2. The first-order chi connectivity index (χ1) is 15.2. The maximum absolute atomic E-state index is 12.8. The standard InChI is InChI=1S/C23H37N7O/c1-3-4-12-28(2)15-11-24-23(31)18-9-8-13-29(16-18)21-20-22(26-17-25-21)30-14-7-5-6-10-19(30)27-20/h17-18H,3-16H2,1-2H3,(H,24,31)/t18-/m1/s1. The number of nitrogens with zero attached hydrogens (tertiary/aromatic N) is 6. The average molecular weight is 428 g/mol. The minimum Gasteiger partial charge on any atom is -0.355 e. The minimum atomic E-state index is 0.000142. The van der Waals surface area contributed by atoms with Crippen LogP contribution in [0.4, 0.5) is 5.82 Å². The van der Waals surface area contributed by atoms with Crippen molar-refractivity contribution in [3.8, 4) is 0 Å². The summed E-state index contributed by atoms with van der Waals surface area (Å²) in [4.78, 5) is 31.5. The lowest BCUT2D eigenvalue weighted by atomic mass is 9.97. The van der Waals surface area contributed by atoms with E-state index in [0.717, 1.165) is 68.2 Å². The zero-order chi connectivity index (χ0) is 21.6. The summed E-state index contributed by atoms with van der Waals surface area (Å²) in [5.41, 5.74) is 1.85. The molecule has 2 aliphatic heterocycles. The number of hydrogen-bond donors (Lipinski definition) is 1. The fourth-order valence-electron chi connectivity index (χ4n) is 4.79. The zero-order valence-electron chi connectivity index (χ0n) is 19.1. The van der Waals surface area contributed by atoms with E-state index in [0.29, 0.717) is 13.1 Å². The molecule has 31 heavy (non-hydrogen) atoms. The van der Waals surface area contributed by atoms with Gasteiger partial charge in [0.25, 0.3) is 0 Å². The van der Waals surface area contributed by atoms with Gasteiger partial charge >= 0.3 is 0 Å². The van der Waals surface area contributed by atoms with E-state index in [4.69, 9.17) is 4.98 Å². The summed E-state index contributed by atoms with van der Waals surface area (Å²) in [6.07, 6.45) is 10.6. The molecule has 0 aliphatic carbocycles.